The fourth-order valence-corrected chi connectivity index (χ4v) is 2.30. The normalized spacial score (nSPS) is 10.3. The van der Waals surface area contributed by atoms with Gasteiger partial charge in [0.15, 0.2) is 0 Å². The predicted molar refractivity (Wildman–Crippen MR) is 75.7 cm³/mol. The molecule has 0 saturated carbocycles. The van der Waals surface area contributed by atoms with Gasteiger partial charge in [-0.1, -0.05) is 6.07 Å². The molecule has 100 valence electrons. The highest BCUT2D eigenvalue weighted by atomic mass is 32.2. The standard InChI is InChI=1S/C13H19NO3S/c1-10-3-4-11(13(16)17)12(9-10)14-5-8-18-7-2-6-15/h3-4,9,14-15H,2,5-8H2,1H3,(H,16,17). The van der Waals surface area contributed by atoms with Crippen molar-refractivity contribution in [3.8, 4) is 0 Å². The number of rotatable bonds is 8. The number of carbonyl (C=O) groups is 1. The minimum Gasteiger partial charge on any atom is -0.478 e. The molecule has 0 aliphatic rings. The Kier molecular flexibility index (Phi) is 6.60. The molecule has 0 bridgehead atoms. The number of aryl methyl sites for hydroxylation is 1. The molecule has 0 spiro atoms. The summed E-state index contributed by atoms with van der Waals surface area (Å²) in [5.41, 5.74) is 2.02. The van der Waals surface area contributed by atoms with E-state index >= 15 is 0 Å². The summed E-state index contributed by atoms with van der Waals surface area (Å²) in [6, 6.07) is 5.27. The molecule has 1 aromatic rings. The molecule has 0 heterocycles. The van der Waals surface area contributed by atoms with Crippen LogP contribution in [-0.4, -0.2) is 40.8 Å². The van der Waals surface area contributed by atoms with Gasteiger partial charge in [0.1, 0.15) is 0 Å². The molecule has 0 saturated heterocycles. The maximum absolute atomic E-state index is 11.0. The van der Waals surface area contributed by atoms with Crippen LogP contribution in [0.25, 0.3) is 0 Å². The van der Waals surface area contributed by atoms with Gasteiger partial charge in [0.05, 0.1) is 5.56 Å². The molecular formula is C13H19NO3S. The molecule has 0 radical (unpaired) electrons. The van der Waals surface area contributed by atoms with Crippen molar-refractivity contribution < 1.29 is 15.0 Å². The quantitative estimate of drug-likeness (QED) is 0.631. The van der Waals surface area contributed by atoms with Crippen LogP contribution >= 0.6 is 11.8 Å². The van der Waals surface area contributed by atoms with E-state index in [1.165, 1.54) is 0 Å². The molecule has 3 N–H and O–H groups in total. The van der Waals surface area contributed by atoms with E-state index in [0.717, 1.165) is 30.0 Å². The number of thioether (sulfide) groups is 1. The van der Waals surface area contributed by atoms with E-state index in [1.54, 1.807) is 23.9 Å². The minimum absolute atomic E-state index is 0.224. The zero-order chi connectivity index (χ0) is 13.4. The van der Waals surface area contributed by atoms with E-state index in [9.17, 15) is 4.79 Å². The molecule has 1 aromatic carbocycles. The van der Waals surface area contributed by atoms with E-state index in [-0.39, 0.29) is 6.61 Å². The summed E-state index contributed by atoms with van der Waals surface area (Å²) in [7, 11) is 0. The summed E-state index contributed by atoms with van der Waals surface area (Å²) in [4.78, 5) is 11.0. The van der Waals surface area contributed by atoms with Crippen molar-refractivity contribution in [3.05, 3.63) is 29.3 Å². The second-order valence-corrected chi connectivity index (χ2v) is 5.20. The molecule has 0 aromatic heterocycles. The Morgan fingerprint density at radius 1 is 1.39 bits per heavy atom. The molecule has 4 nitrogen and oxygen atoms in total. The number of benzene rings is 1. The summed E-state index contributed by atoms with van der Waals surface area (Å²) >= 11 is 1.75. The lowest BCUT2D eigenvalue weighted by Crippen LogP contribution is -2.09. The van der Waals surface area contributed by atoms with Gasteiger partial charge in [0, 0.05) is 24.6 Å². The predicted octanol–water partition coefficient (Wildman–Crippen LogP) is 2.22. The van der Waals surface area contributed by atoms with Crippen LogP contribution in [0.5, 0.6) is 0 Å². The Bertz CT molecular complexity index is 396. The van der Waals surface area contributed by atoms with Gasteiger partial charge in [-0.05, 0) is 36.8 Å². The summed E-state index contributed by atoms with van der Waals surface area (Å²) in [5.74, 6) is 0.913. The van der Waals surface area contributed by atoms with Crippen molar-refractivity contribution in [2.45, 2.75) is 13.3 Å². The first-order valence-corrected chi connectivity index (χ1v) is 7.07. The van der Waals surface area contributed by atoms with E-state index in [1.807, 2.05) is 13.0 Å². The largest absolute Gasteiger partial charge is 0.478 e. The SMILES string of the molecule is Cc1ccc(C(=O)O)c(NCCSCCCO)c1. The van der Waals surface area contributed by atoms with Gasteiger partial charge in [-0.15, -0.1) is 0 Å². The van der Waals surface area contributed by atoms with Gasteiger partial charge in [0.25, 0.3) is 0 Å². The highest BCUT2D eigenvalue weighted by Gasteiger charge is 2.09. The summed E-state index contributed by atoms with van der Waals surface area (Å²) in [6.07, 6.45) is 0.801. The van der Waals surface area contributed by atoms with Crippen molar-refractivity contribution in [1.29, 1.82) is 0 Å². The minimum atomic E-state index is -0.912. The molecule has 18 heavy (non-hydrogen) atoms. The third-order valence-corrected chi connectivity index (χ3v) is 3.48. The van der Waals surface area contributed by atoms with Crippen molar-refractivity contribution in [1.82, 2.24) is 0 Å². The summed E-state index contributed by atoms with van der Waals surface area (Å²) in [6.45, 7) is 2.88. The Labute approximate surface area is 111 Å². The van der Waals surface area contributed by atoms with Crippen molar-refractivity contribution in [3.63, 3.8) is 0 Å². The van der Waals surface area contributed by atoms with Gasteiger partial charge in [0.2, 0.25) is 0 Å². The van der Waals surface area contributed by atoms with Gasteiger partial charge in [-0.3, -0.25) is 0 Å². The number of carboxylic acids is 1. The Morgan fingerprint density at radius 3 is 2.83 bits per heavy atom. The van der Waals surface area contributed by atoms with Crippen molar-refractivity contribution in [2.75, 3.05) is 30.0 Å². The zero-order valence-corrected chi connectivity index (χ0v) is 11.3. The number of anilines is 1. The number of aliphatic hydroxyl groups excluding tert-OH is 1. The number of nitrogens with one attached hydrogen (secondary N) is 1. The molecule has 0 aliphatic heterocycles. The number of carboxylic acid groups (broad SMARTS) is 1. The molecule has 0 aliphatic carbocycles. The molecule has 0 unspecified atom stereocenters. The first-order valence-electron chi connectivity index (χ1n) is 5.91. The van der Waals surface area contributed by atoms with Gasteiger partial charge >= 0.3 is 5.97 Å². The monoisotopic (exact) mass is 269 g/mol. The molecule has 0 fully saturated rings. The summed E-state index contributed by atoms with van der Waals surface area (Å²) in [5, 5.41) is 20.8. The lowest BCUT2D eigenvalue weighted by atomic mass is 10.1. The fraction of sp³-hybridized carbons (Fsp3) is 0.462. The van der Waals surface area contributed by atoms with Crippen molar-refractivity contribution >= 4 is 23.4 Å². The van der Waals surface area contributed by atoms with Crippen LogP contribution in [0.4, 0.5) is 5.69 Å². The number of hydrogen-bond donors (Lipinski definition) is 3. The van der Waals surface area contributed by atoms with Crippen LogP contribution in [0.1, 0.15) is 22.3 Å². The van der Waals surface area contributed by atoms with Gasteiger partial charge in [-0.2, -0.15) is 11.8 Å². The first-order chi connectivity index (χ1) is 8.65. The van der Waals surface area contributed by atoms with Crippen LogP contribution < -0.4 is 5.32 Å². The number of aromatic carboxylic acids is 1. The molecule has 5 heteroatoms. The topological polar surface area (TPSA) is 69.6 Å². The van der Waals surface area contributed by atoms with Crippen LogP contribution in [0.15, 0.2) is 18.2 Å². The highest BCUT2D eigenvalue weighted by molar-refractivity contribution is 7.99. The van der Waals surface area contributed by atoms with Crippen LogP contribution in [0, 0.1) is 6.92 Å². The zero-order valence-electron chi connectivity index (χ0n) is 10.5. The van der Waals surface area contributed by atoms with Gasteiger partial charge in [-0.25, -0.2) is 4.79 Å². The average molecular weight is 269 g/mol. The maximum atomic E-state index is 11.0. The number of hydrogen-bond acceptors (Lipinski definition) is 4. The van der Waals surface area contributed by atoms with E-state index in [4.69, 9.17) is 10.2 Å². The smallest absolute Gasteiger partial charge is 0.337 e. The summed E-state index contributed by atoms with van der Waals surface area (Å²) < 4.78 is 0. The third-order valence-electron chi connectivity index (χ3n) is 2.41. The Morgan fingerprint density at radius 2 is 2.17 bits per heavy atom. The maximum Gasteiger partial charge on any atom is 0.337 e. The molecule has 0 amide bonds. The molecular weight excluding hydrogens is 250 g/mol. The molecule has 0 atom stereocenters. The fourth-order valence-electron chi connectivity index (χ4n) is 1.52. The average Bonchev–Trinajstić information content (AvgIpc) is 2.33. The highest BCUT2D eigenvalue weighted by Crippen LogP contribution is 2.17. The lowest BCUT2D eigenvalue weighted by molar-refractivity contribution is 0.0698. The second-order valence-electron chi connectivity index (χ2n) is 3.97. The van der Waals surface area contributed by atoms with Crippen LogP contribution in [0.2, 0.25) is 0 Å². The first kappa shape index (κ1) is 14.9. The van der Waals surface area contributed by atoms with Crippen LogP contribution in [-0.2, 0) is 0 Å². The second kappa shape index (κ2) is 8.00. The molecule has 1 rings (SSSR count). The third kappa shape index (κ3) is 4.98. The van der Waals surface area contributed by atoms with E-state index in [0.29, 0.717) is 11.3 Å². The van der Waals surface area contributed by atoms with E-state index < -0.39 is 5.97 Å². The van der Waals surface area contributed by atoms with E-state index in [2.05, 4.69) is 5.32 Å². The Balaban J connectivity index is 2.45. The Hall–Kier alpha value is -1.20. The lowest BCUT2D eigenvalue weighted by Gasteiger charge is -2.10. The van der Waals surface area contributed by atoms with Crippen LogP contribution in [0.3, 0.4) is 0 Å². The van der Waals surface area contributed by atoms with Crippen molar-refractivity contribution in [2.24, 2.45) is 0 Å². The van der Waals surface area contributed by atoms with Gasteiger partial charge < -0.3 is 15.5 Å². The number of aliphatic hydroxyl groups is 1.